The van der Waals surface area contributed by atoms with E-state index in [1.54, 1.807) is 11.3 Å². The zero-order valence-electron chi connectivity index (χ0n) is 8.52. The van der Waals surface area contributed by atoms with Crippen molar-refractivity contribution in [3.63, 3.8) is 0 Å². The van der Waals surface area contributed by atoms with Gasteiger partial charge in [-0.1, -0.05) is 0 Å². The summed E-state index contributed by atoms with van der Waals surface area (Å²) in [4.78, 5) is 3.51. The molecule has 4 heteroatoms. The molecule has 0 aliphatic carbocycles. The first-order valence-corrected chi connectivity index (χ1v) is 6.04. The Bertz CT molecular complexity index is 369. The van der Waals surface area contributed by atoms with Crippen molar-refractivity contribution in [3.8, 4) is 6.07 Å². The molecule has 0 aromatic carbocycles. The van der Waals surface area contributed by atoms with Crippen LogP contribution in [0.1, 0.15) is 23.3 Å². The molecule has 0 amide bonds. The normalized spacial score (nSPS) is 21.7. The van der Waals surface area contributed by atoms with Gasteiger partial charge in [0.2, 0.25) is 0 Å². The summed E-state index contributed by atoms with van der Waals surface area (Å²) >= 11 is 1.63. The van der Waals surface area contributed by atoms with Crippen LogP contribution in [0.3, 0.4) is 0 Å². The molecule has 1 saturated heterocycles. The third-order valence-corrected chi connectivity index (χ3v) is 3.77. The van der Waals surface area contributed by atoms with Gasteiger partial charge in [0.1, 0.15) is 6.07 Å². The van der Waals surface area contributed by atoms with E-state index in [4.69, 9.17) is 5.26 Å². The number of aliphatic hydroxyl groups is 1. The summed E-state index contributed by atoms with van der Waals surface area (Å²) in [5.74, 6) is 0. The number of nitriles is 1. The maximum Gasteiger partial charge on any atom is 0.100 e. The fraction of sp³-hybridized carbons (Fsp3) is 0.545. The molecule has 2 rings (SSSR count). The van der Waals surface area contributed by atoms with E-state index in [0.29, 0.717) is 6.04 Å². The monoisotopic (exact) mass is 222 g/mol. The second-order valence-corrected chi connectivity index (χ2v) is 4.86. The first-order valence-electron chi connectivity index (χ1n) is 5.16. The first-order chi connectivity index (χ1) is 7.33. The minimum absolute atomic E-state index is 0.247. The van der Waals surface area contributed by atoms with Gasteiger partial charge in [-0.15, -0.1) is 11.3 Å². The van der Waals surface area contributed by atoms with Crippen LogP contribution in [0.25, 0.3) is 0 Å². The topological polar surface area (TPSA) is 47.3 Å². The summed E-state index contributed by atoms with van der Waals surface area (Å²) < 4.78 is 0. The molecule has 0 spiro atoms. The van der Waals surface area contributed by atoms with Crippen molar-refractivity contribution in [1.82, 2.24) is 4.90 Å². The van der Waals surface area contributed by atoms with E-state index >= 15 is 0 Å². The van der Waals surface area contributed by atoms with Crippen molar-refractivity contribution in [2.75, 3.05) is 13.2 Å². The Morgan fingerprint density at radius 1 is 1.67 bits per heavy atom. The second kappa shape index (κ2) is 4.75. The fourth-order valence-corrected chi connectivity index (χ4v) is 2.87. The Morgan fingerprint density at radius 2 is 2.53 bits per heavy atom. The van der Waals surface area contributed by atoms with E-state index in [1.165, 1.54) is 11.3 Å². The summed E-state index contributed by atoms with van der Waals surface area (Å²) in [6.07, 6.45) is 2.26. The molecule has 1 aromatic heterocycles. The lowest BCUT2D eigenvalue weighted by Gasteiger charge is -2.21. The average Bonchev–Trinajstić information content (AvgIpc) is 2.87. The van der Waals surface area contributed by atoms with Gasteiger partial charge in [0.05, 0.1) is 12.2 Å². The van der Waals surface area contributed by atoms with E-state index in [2.05, 4.69) is 11.0 Å². The highest BCUT2D eigenvalue weighted by Gasteiger charge is 2.23. The molecule has 15 heavy (non-hydrogen) atoms. The van der Waals surface area contributed by atoms with Crippen LogP contribution in [-0.4, -0.2) is 29.2 Å². The molecule has 2 heterocycles. The predicted molar refractivity (Wildman–Crippen MR) is 59.6 cm³/mol. The molecule has 80 valence electrons. The third kappa shape index (κ3) is 2.37. The standard InChI is InChI=1S/C11H14N2OS/c12-5-9-4-11(15-8-9)6-13-3-1-2-10(13)7-14/h4,8,10,14H,1-3,6-7H2. The van der Waals surface area contributed by atoms with Gasteiger partial charge >= 0.3 is 0 Å². The largest absolute Gasteiger partial charge is 0.395 e. The van der Waals surface area contributed by atoms with Crippen LogP contribution in [0, 0.1) is 11.3 Å². The molecule has 3 nitrogen and oxygen atoms in total. The minimum Gasteiger partial charge on any atom is -0.395 e. The van der Waals surface area contributed by atoms with Crippen LogP contribution in [-0.2, 0) is 6.54 Å². The molecule has 1 N–H and O–H groups in total. The highest BCUT2D eigenvalue weighted by molar-refractivity contribution is 7.10. The van der Waals surface area contributed by atoms with Gasteiger partial charge in [-0.3, -0.25) is 4.90 Å². The van der Waals surface area contributed by atoms with Crippen LogP contribution in [0.5, 0.6) is 0 Å². The van der Waals surface area contributed by atoms with E-state index < -0.39 is 0 Å². The number of aliphatic hydroxyl groups excluding tert-OH is 1. The first kappa shape index (κ1) is 10.6. The molecule has 0 radical (unpaired) electrons. The number of hydrogen-bond acceptors (Lipinski definition) is 4. The molecule has 1 unspecified atom stereocenters. The Kier molecular flexibility index (Phi) is 3.37. The highest BCUT2D eigenvalue weighted by atomic mass is 32.1. The van der Waals surface area contributed by atoms with Crippen molar-refractivity contribution >= 4 is 11.3 Å². The van der Waals surface area contributed by atoms with Crippen LogP contribution >= 0.6 is 11.3 Å². The molecule has 0 bridgehead atoms. The van der Waals surface area contributed by atoms with Gasteiger partial charge in [-0.25, -0.2) is 0 Å². The van der Waals surface area contributed by atoms with Gasteiger partial charge in [-0.2, -0.15) is 5.26 Å². The number of hydrogen-bond donors (Lipinski definition) is 1. The molecule has 0 saturated carbocycles. The molecular weight excluding hydrogens is 208 g/mol. The number of thiophene rings is 1. The lowest BCUT2D eigenvalue weighted by Crippen LogP contribution is -2.31. The van der Waals surface area contributed by atoms with Crippen LogP contribution in [0.4, 0.5) is 0 Å². The Balaban J connectivity index is 1.99. The van der Waals surface area contributed by atoms with Gasteiger partial charge in [0.25, 0.3) is 0 Å². The van der Waals surface area contributed by atoms with Crippen LogP contribution in [0.2, 0.25) is 0 Å². The number of nitrogens with zero attached hydrogens (tertiary/aromatic N) is 2. The van der Waals surface area contributed by atoms with Crippen LogP contribution in [0.15, 0.2) is 11.4 Å². The lowest BCUT2D eigenvalue weighted by molar-refractivity contribution is 0.154. The van der Waals surface area contributed by atoms with Gasteiger partial charge in [0, 0.05) is 22.8 Å². The Morgan fingerprint density at radius 3 is 3.20 bits per heavy atom. The maximum atomic E-state index is 9.18. The number of rotatable bonds is 3. The smallest absolute Gasteiger partial charge is 0.100 e. The zero-order chi connectivity index (χ0) is 10.7. The van der Waals surface area contributed by atoms with E-state index in [1.807, 2.05) is 11.4 Å². The van der Waals surface area contributed by atoms with Crippen molar-refractivity contribution in [2.45, 2.75) is 25.4 Å². The predicted octanol–water partition coefficient (Wildman–Crippen LogP) is 1.58. The molecular formula is C11H14N2OS. The SMILES string of the molecule is N#Cc1csc(CN2CCCC2CO)c1. The van der Waals surface area contributed by atoms with Gasteiger partial charge in [-0.05, 0) is 25.5 Å². The second-order valence-electron chi connectivity index (χ2n) is 3.86. The summed E-state index contributed by atoms with van der Waals surface area (Å²) in [5.41, 5.74) is 0.745. The van der Waals surface area contributed by atoms with Gasteiger partial charge < -0.3 is 5.11 Å². The Hall–Kier alpha value is -0.890. The van der Waals surface area contributed by atoms with Crippen LogP contribution < -0.4 is 0 Å². The third-order valence-electron chi connectivity index (χ3n) is 2.85. The van der Waals surface area contributed by atoms with Crippen molar-refractivity contribution in [3.05, 3.63) is 21.9 Å². The summed E-state index contributed by atoms with van der Waals surface area (Å²) in [6, 6.07) is 4.40. The summed E-state index contributed by atoms with van der Waals surface area (Å²) in [7, 11) is 0. The average molecular weight is 222 g/mol. The quantitative estimate of drug-likeness (QED) is 0.844. The summed E-state index contributed by atoms with van der Waals surface area (Å²) in [6.45, 7) is 2.18. The minimum atomic E-state index is 0.247. The molecule has 1 atom stereocenters. The van der Waals surface area contributed by atoms with Gasteiger partial charge in [0.15, 0.2) is 0 Å². The lowest BCUT2D eigenvalue weighted by atomic mass is 10.2. The van der Waals surface area contributed by atoms with Crippen molar-refractivity contribution < 1.29 is 5.11 Å². The molecule has 1 aromatic rings. The highest BCUT2D eigenvalue weighted by Crippen LogP contribution is 2.22. The van der Waals surface area contributed by atoms with E-state index in [-0.39, 0.29) is 6.61 Å². The fourth-order valence-electron chi connectivity index (χ4n) is 2.03. The number of likely N-dealkylation sites (tertiary alicyclic amines) is 1. The zero-order valence-corrected chi connectivity index (χ0v) is 9.33. The van der Waals surface area contributed by atoms with Crippen molar-refractivity contribution in [2.24, 2.45) is 0 Å². The molecule has 1 aliphatic heterocycles. The maximum absolute atomic E-state index is 9.18. The Labute approximate surface area is 93.6 Å². The summed E-state index contributed by atoms with van der Waals surface area (Å²) in [5, 5.41) is 19.8. The molecule has 1 fully saturated rings. The van der Waals surface area contributed by atoms with E-state index in [9.17, 15) is 5.11 Å². The molecule has 1 aliphatic rings. The van der Waals surface area contributed by atoms with E-state index in [0.717, 1.165) is 25.1 Å². The van der Waals surface area contributed by atoms with Crippen molar-refractivity contribution in [1.29, 1.82) is 5.26 Å².